The first kappa shape index (κ1) is 13.0. The second kappa shape index (κ2) is 5.52. The van der Waals surface area contributed by atoms with Crippen molar-refractivity contribution in [3.05, 3.63) is 0 Å². The fraction of sp³-hybridized carbons (Fsp3) is 0.933. The van der Waals surface area contributed by atoms with Gasteiger partial charge in [-0.05, 0) is 49.4 Å². The van der Waals surface area contributed by atoms with Crippen molar-refractivity contribution in [2.75, 3.05) is 11.9 Å². The van der Waals surface area contributed by atoms with Gasteiger partial charge in [0, 0.05) is 17.8 Å². The molecule has 3 rings (SSSR count). The Morgan fingerprint density at radius 1 is 1.00 bits per heavy atom. The molecule has 0 aliphatic heterocycles. The van der Waals surface area contributed by atoms with Crippen molar-refractivity contribution in [1.29, 1.82) is 0 Å². The third-order valence-corrected chi connectivity index (χ3v) is 6.34. The van der Waals surface area contributed by atoms with Crippen molar-refractivity contribution in [2.24, 2.45) is 29.6 Å². The van der Waals surface area contributed by atoms with Crippen LogP contribution in [0, 0.1) is 29.6 Å². The number of halogens is 1. The first-order valence-corrected chi connectivity index (χ1v) is 8.77. The summed E-state index contributed by atoms with van der Waals surface area (Å²) in [6.45, 7) is 0.922. The summed E-state index contributed by atoms with van der Waals surface area (Å²) in [5.41, 5.74) is 0. The molecule has 0 bridgehead atoms. The first-order valence-electron chi connectivity index (χ1n) is 7.65. The number of fused-ring (bicyclic) bond motifs is 1. The molecule has 1 amide bonds. The van der Waals surface area contributed by atoms with E-state index in [2.05, 4.69) is 21.2 Å². The number of carbonyl (C=O) groups is 1. The number of rotatable bonds is 4. The van der Waals surface area contributed by atoms with E-state index in [1.54, 1.807) is 0 Å². The van der Waals surface area contributed by atoms with E-state index in [-0.39, 0.29) is 0 Å². The Kier molecular flexibility index (Phi) is 3.97. The number of amides is 1. The molecule has 0 heterocycles. The summed E-state index contributed by atoms with van der Waals surface area (Å²) in [6, 6.07) is 0. The zero-order chi connectivity index (χ0) is 12.5. The van der Waals surface area contributed by atoms with Gasteiger partial charge in [-0.15, -0.1) is 0 Å². The highest BCUT2D eigenvalue weighted by atomic mass is 79.9. The van der Waals surface area contributed by atoms with E-state index in [1.165, 1.54) is 44.9 Å². The Morgan fingerprint density at radius 3 is 2.33 bits per heavy atom. The Bertz CT molecular complexity index is 310. The Balaban J connectivity index is 1.44. The van der Waals surface area contributed by atoms with Gasteiger partial charge in [-0.2, -0.15) is 0 Å². The van der Waals surface area contributed by atoms with E-state index < -0.39 is 0 Å². The average molecular weight is 314 g/mol. The predicted octanol–water partition coefficient (Wildman–Crippen LogP) is 3.35. The second-order valence-corrected chi connectivity index (χ2v) is 7.14. The normalized spacial score (nSPS) is 42.4. The minimum Gasteiger partial charge on any atom is -0.356 e. The van der Waals surface area contributed by atoms with Gasteiger partial charge in [0.1, 0.15) is 0 Å². The molecule has 3 saturated carbocycles. The van der Waals surface area contributed by atoms with Crippen LogP contribution in [0.15, 0.2) is 0 Å². The minimum absolute atomic E-state index is 0.364. The lowest BCUT2D eigenvalue weighted by molar-refractivity contribution is -0.123. The SMILES string of the molecule is O=C(NCC1CCCCC1CBr)C1C2CCCC21. The van der Waals surface area contributed by atoms with E-state index in [1.807, 2.05) is 0 Å². The molecule has 102 valence electrons. The van der Waals surface area contributed by atoms with E-state index in [0.717, 1.165) is 29.6 Å². The molecule has 0 aromatic rings. The Hall–Kier alpha value is -0.0500. The molecule has 3 fully saturated rings. The van der Waals surface area contributed by atoms with Crippen LogP contribution in [0.1, 0.15) is 44.9 Å². The lowest BCUT2D eigenvalue weighted by Gasteiger charge is -2.30. The fourth-order valence-corrected chi connectivity index (χ4v) is 5.17. The molecular weight excluding hydrogens is 290 g/mol. The van der Waals surface area contributed by atoms with Gasteiger partial charge in [-0.3, -0.25) is 4.79 Å². The second-order valence-electron chi connectivity index (χ2n) is 6.49. The van der Waals surface area contributed by atoms with E-state index >= 15 is 0 Å². The van der Waals surface area contributed by atoms with Crippen molar-refractivity contribution in [3.8, 4) is 0 Å². The van der Waals surface area contributed by atoms with Crippen LogP contribution in [-0.2, 0) is 4.79 Å². The third kappa shape index (κ3) is 2.48. The molecule has 4 atom stereocenters. The molecule has 0 aromatic heterocycles. The van der Waals surface area contributed by atoms with Crippen LogP contribution < -0.4 is 5.32 Å². The van der Waals surface area contributed by atoms with Gasteiger partial charge in [-0.1, -0.05) is 35.2 Å². The van der Waals surface area contributed by atoms with Gasteiger partial charge < -0.3 is 5.32 Å². The number of hydrogen-bond donors (Lipinski definition) is 1. The monoisotopic (exact) mass is 313 g/mol. The van der Waals surface area contributed by atoms with Crippen LogP contribution in [0.2, 0.25) is 0 Å². The summed E-state index contributed by atoms with van der Waals surface area (Å²) >= 11 is 3.63. The average Bonchev–Trinajstić information content (AvgIpc) is 2.89. The van der Waals surface area contributed by atoms with Crippen molar-refractivity contribution in [1.82, 2.24) is 5.32 Å². The molecule has 3 heteroatoms. The molecule has 18 heavy (non-hydrogen) atoms. The topological polar surface area (TPSA) is 29.1 Å². The van der Waals surface area contributed by atoms with Gasteiger partial charge in [-0.25, -0.2) is 0 Å². The minimum atomic E-state index is 0.364. The lowest BCUT2D eigenvalue weighted by Crippen LogP contribution is -2.36. The highest BCUT2D eigenvalue weighted by Crippen LogP contribution is 2.57. The summed E-state index contributed by atoms with van der Waals surface area (Å²) in [6.07, 6.45) is 9.31. The van der Waals surface area contributed by atoms with Gasteiger partial charge in [0.15, 0.2) is 0 Å². The van der Waals surface area contributed by atoms with Crippen LogP contribution in [0.5, 0.6) is 0 Å². The zero-order valence-corrected chi connectivity index (χ0v) is 12.6. The molecule has 2 nitrogen and oxygen atoms in total. The molecule has 0 aromatic carbocycles. The maximum absolute atomic E-state index is 12.1. The molecule has 0 radical (unpaired) electrons. The number of alkyl halides is 1. The highest BCUT2D eigenvalue weighted by Gasteiger charge is 2.56. The lowest BCUT2D eigenvalue weighted by atomic mass is 9.80. The summed E-state index contributed by atoms with van der Waals surface area (Å²) in [7, 11) is 0. The van der Waals surface area contributed by atoms with Crippen LogP contribution in [0.4, 0.5) is 0 Å². The molecule has 0 saturated heterocycles. The van der Waals surface area contributed by atoms with Crippen molar-refractivity contribution in [2.45, 2.75) is 44.9 Å². The fourth-order valence-electron chi connectivity index (χ4n) is 4.32. The van der Waals surface area contributed by atoms with E-state index in [4.69, 9.17) is 0 Å². The van der Waals surface area contributed by atoms with E-state index in [0.29, 0.717) is 17.7 Å². The van der Waals surface area contributed by atoms with Gasteiger partial charge >= 0.3 is 0 Å². The highest BCUT2D eigenvalue weighted by molar-refractivity contribution is 9.09. The molecular formula is C15H24BrNO. The maximum atomic E-state index is 12.1. The van der Waals surface area contributed by atoms with Gasteiger partial charge in [0.2, 0.25) is 5.91 Å². The van der Waals surface area contributed by atoms with Crippen molar-refractivity contribution < 1.29 is 4.79 Å². The smallest absolute Gasteiger partial charge is 0.223 e. The molecule has 1 N–H and O–H groups in total. The first-order chi connectivity index (χ1) is 8.81. The number of carbonyl (C=O) groups excluding carboxylic acids is 1. The molecule has 4 unspecified atom stereocenters. The third-order valence-electron chi connectivity index (χ3n) is 5.51. The van der Waals surface area contributed by atoms with Crippen LogP contribution >= 0.6 is 15.9 Å². The standard InChI is InChI=1S/C15H24BrNO/c16-8-10-4-1-2-5-11(10)9-17-15(18)14-12-6-3-7-13(12)14/h10-14H,1-9H2,(H,17,18). The van der Waals surface area contributed by atoms with Crippen LogP contribution in [-0.4, -0.2) is 17.8 Å². The number of hydrogen-bond acceptors (Lipinski definition) is 1. The summed E-state index contributed by atoms with van der Waals surface area (Å²) < 4.78 is 0. The van der Waals surface area contributed by atoms with Crippen LogP contribution in [0.25, 0.3) is 0 Å². The zero-order valence-electron chi connectivity index (χ0n) is 11.0. The predicted molar refractivity (Wildman–Crippen MR) is 76.6 cm³/mol. The van der Waals surface area contributed by atoms with E-state index in [9.17, 15) is 4.79 Å². The summed E-state index contributed by atoms with van der Waals surface area (Å²) in [5.74, 6) is 3.75. The van der Waals surface area contributed by atoms with Crippen molar-refractivity contribution >= 4 is 21.8 Å². The molecule has 3 aliphatic rings. The summed E-state index contributed by atoms with van der Waals surface area (Å²) in [4.78, 5) is 12.1. The summed E-state index contributed by atoms with van der Waals surface area (Å²) in [5, 5.41) is 4.35. The quantitative estimate of drug-likeness (QED) is 0.792. The van der Waals surface area contributed by atoms with Crippen molar-refractivity contribution in [3.63, 3.8) is 0 Å². The molecule has 0 spiro atoms. The van der Waals surface area contributed by atoms with Crippen LogP contribution in [0.3, 0.4) is 0 Å². The molecule has 3 aliphatic carbocycles. The maximum Gasteiger partial charge on any atom is 0.223 e. The Labute approximate surface area is 118 Å². The van der Waals surface area contributed by atoms with Gasteiger partial charge in [0.25, 0.3) is 0 Å². The largest absolute Gasteiger partial charge is 0.356 e. The number of nitrogens with one attached hydrogen (secondary N) is 1. The Morgan fingerprint density at radius 2 is 1.67 bits per heavy atom. The van der Waals surface area contributed by atoms with Gasteiger partial charge in [0.05, 0.1) is 0 Å².